The van der Waals surface area contributed by atoms with Crippen LogP contribution in [0, 0.1) is 0 Å². The number of hydrazone groups is 1. The van der Waals surface area contributed by atoms with Gasteiger partial charge in [-0.05, 0) is 47.2 Å². The number of fused-ring (bicyclic) bond motifs is 4. The average Bonchev–Trinajstić information content (AvgIpc) is 3.38. The fourth-order valence-electron chi connectivity index (χ4n) is 4.29. The summed E-state index contributed by atoms with van der Waals surface area (Å²) in [4.78, 5) is 13.6. The summed E-state index contributed by atoms with van der Waals surface area (Å²) in [7, 11) is 0. The van der Waals surface area contributed by atoms with E-state index in [-0.39, 0.29) is 11.9 Å². The third-order valence-electron chi connectivity index (χ3n) is 5.74. The number of rotatable bonds is 2. The molecule has 1 N–H and O–H groups in total. The summed E-state index contributed by atoms with van der Waals surface area (Å²) in [5.74, 6) is 0.603. The summed E-state index contributed by atoms with van der Waals surface area (Å²) < 4.78 is 7.40. The van der Waals surface area contributed by atoms with Crippen molar-refractivity contribution in [2.75, 3.05) is 0 Å². The standard InChI is InChI=1S/C25H18BrN3O2S/c26-18-10-6-7-16(13-18)14-23-24(30)27-25(32-23)29-21(19-11-4-5-12-22(19)31-25)15-20(28-29)17-8-2-1-3-9-17/h1-14,21H,15H2,(H,27,30)/b23-14-/t21-,25+/m1/s1. The van der Waals surface area contributed by atoms with Gasteiger partial charge >= 0.3 is 5.18 Å². The smallest absolute Gasteiger partial charge is 0.336 e. The normalized spacial score (nSPS) is 24.7. The predicted molar refractivity (Wildman–Crippen MR) is 130 cm³/mol. The molecule has 3 heterocycles. The van der Waals surface area contributed by atoms with Crippen molar-refractivity contribution in [2.24, 2.45) is 5.10 Å². The molecule has 158 valence electrons. The van der Waals surface area contributed by atoms with E-state index >= 15 is 0 Å². The Morgan fingerprint density at radius 3 is 2.75 bits per heavy atom. The molecule has 0 unspecified atom stereocenters. The van der Waals surface area contributed by atoms with Crippen LogP contribution in [0.25, 0.3) is 6.08 Å². The highest BCUT2D eigenvalue weighted by Crippen LogP contribution is 2.53. The second-order valence-corrected chi connectivity index (χ2v) is 9.93. The van der Waals surface area contributed by atoms with E-state index in [4.69, 9.17) is 9.84 Å². The maximum absolute atomic E-state index is 13.0. The Kier molecular flexibility index (Phi) is 4.62. The Morgan fingerprint density at radius 2 is 1.91 bits per heavy atom. The maximum Gasteiger partial charge on any atom is 0.336 e. The molecule has 1 fully saturated rings. The van der Waals surface area contributed by atoms with Crippen molar-refractivity contribution in [3.8, 4) is 5.75 Å². The van der Waals surface area contributed by atoms with Crippen LogP contribution >= 0.6 is 27.7 Å². The van der Waals surface area contributed by atoms with Crippen molar-refractivity contribution in [3.05, 3.63) is 105 Å². The summed E-state index contributed by atoms with van der Waals surface area (Å²) in [5, 5.41) is 8.84. The lowest BCUT2D eigenvalue weighted by atomic mass is 9.97. The number of halogens is 1. The Hall–Kier alpha value is -3.03. The second-order valence-electron chi connectivity index (χ2n) is 7.82. The third-order valence-corrected chi connectivity index (χ3v) is 7.40. The van der Waals surface area contributed by atoms with Gasteiger partial charge in [0.1, 0.15) is 5.75 Å². The minimum Gasteiger partial charge on any atom is -0.439 e. The van der Waals surface area contributed by atoms with E-state index in [0.717, 1.165) is 39.0 Å². The molecule has 0 aromatic heterocycles. The fraction of sp³-hybridized carbons (Fsp3) is 0.120. The molecule has 1 saturated heterocycles. The quantitative estimate of drug-likeness (QED) is 0.468. The number of benzene rings is 3. The third kappa shape index (κ3) is 3.24. The lowest BCUT2D eigenvalue weighted by Gasteiger charge is -2.43. The van der Waals surface area contributed by atoms with Crippen LogP contribution < -0.4 is 10.1 Å². The molecular formula is C25H18BrN3O2S. The van der Waals surface area contributed by atoms with Crippen molar-refractivity contribution in [2.45, 2.75) is 17.6 Å². The molecule has 5 nitrogen and oxygen atoms in total. The highest BCUT2D eigenvalue weighted by atomic mass is 79.9. The minimum absolute atomic E-state index is 0.0202. The number of ether oxygens (including phenoxy) is 1. The van der Waals surface area contributed by atoms with Gasteiger partial charge in [-0.1, -0.05) is 76.6 Å². The van der Waals surface area contributed by atoms with Crippen molar-refractivity contribution >= 4 is 45.4 Å². The van der Waals surface area contributed by atoms with Gasteiger partial charge in [-0.2, -0.15) is 5.10 Å². The summed E-state index contributed by atoms with van der Waals surface area (Å²) in [5.41, 5.74) is 4.08. The van der Waals surface area contributed by atoms with E-state index in [2.05, 4.69) is 39.4 Å². The van der Waals surface area contributed by atoms with Crippen molar-refractivity contribution < 1.29 is 9.53 Å². The first kappa shape index (κ1) is 19.6. The Morgan fingerprint density at radius 1 is 1.09 bits per heavy atom. The molecule has 0 aliphatic carbocycles. The molecule has 3 aliphatic rings. The van der Waals surface area contributed by atoms with Crippen LogP contribution in [0.4, 0.5) is 0 Å². The zero-order chi connectivity index (χ0) is 21.7. The Bertz CT molecular complexity index is 1290. The molecule has 0 saturated carbocycles. The molecular weight excluding hydrogens is 486 g/mol. The van der Waals surface area contributed by atoms with Crippen LogP contribution in [0.1, 0.15) is 29.2 Å². The number of nitrogens with zero attached hydrogens (tertiary/aromatic N) is 2. The first-order valence-electron chi connectivity index (χ1n) is 10.3. The van der Waals surface area contributed by atoms with Gasteiger partial charge in [0.2, 0.25) is 0 Å². The largest absolute Gasteiger partial charge is 0.439 e. The van der Waals surface area contributed by atoms with E-state index in [1.807, 2.05) is 71.7 Å². The molecule has 6 rings (SSSR count). The van der Waals surface area contributed by atoms with Crippen LogP contribution in [0.3, 0.4) is 0 Å². The first-order chi connectivity index (χ1) is 15.6. The highest BCUT2D eigenvalue weighted by Gasteiger charge is 2.57. The molecule has 0 radical (unpaired) electrons. The lowest BCUT2D eigenvalue weighted by molar-refractivity contribution is -0.127. The zero-order valence-corrected chi connectivity index (χ0v) is 19.3. The Labute approximate surface area is 198 Å². The van der Waals surface area contributed by atoms with Crippen LogP contribution in [-0.4, -0.2) is 21.8 Å². The van der Waals surface area contributed by atoms with Gasteiger partial charge in [-0.3, -0.25) is 10.1 Å². The number of amides is 1. The van der Waals surface area contributed by atoms with Crippen molar-refractivity contribution in [1.82, 2.24) is 10.3 Å². The number of thioether (sulfide) groups is 1. The molecule has 2 atom stereocenters. The summed E-state index contributed by atoms with van der Waals surface area (Å²) in [6.45, 7) is 0. The molecule has 7 heteroatoms. The van der Waals surface area contributed by atoms with Gasteiger partial charge in [-0.15, -0.1) is 0 Å². The van der Waals surface area contributed by atoms with E-state index in [1.54, 1.807) is 0 Å². The molecule has 1 amide bonds. The molecule has 3 aromatic carbocycles. The number of hydrogen-bond donors (Lipinski definition) is 1. The van der Waals surface area contributed by atoms with Crippen LogP contribution in [0.5, 0.6) is 5.75 Å². The summed E-state index contributed by atoms with van der Waals surface area (Å²) in [6, 6.07) is 26.0. The van der Waals surface area contributed by atoms with Gasteiger partial charge in [0, 0.05) is 16.5 Å². The first-order valence-corrected chi connectivity index (χ1v) is 11.9. The van der Waals surface area contributed by atoms with Gasteiger partial charge in [0.05, 0.1) is 16.7 Å². The second kappa shape index (κ2) is 7.53. The maximum atomic E-state index is 13.0. The van der Waals surface area contributed by atoms with E-state index in [9.17, 15) is 4.79 Å². The van der Waals surface area contributed by atoms with Crippen molar-refractivity contribution in [3.63, 3.8) is 0 Å². The molecule has 32 heavy (non-hydrogen) atoms. The topological polar surface area (TPSA) is 53.9 Å². The number of hydrogen-bond acceptors (Lipinski definition) is 5. The number of nitrogens with one attached hydrogen (secondary N) is 1. The highest BCUT2D eigenvalue weighted by molar-refractivity contribution is 9.10. The van der Waals surface area contributed by atoms with Crippen LogP contribution in [-0.2, 0) is 4.79 Å². The summed E-state index contributed by atoms with van der Waals surface area (Å²) >= 11 is 4.85. The monoisotopic (exact) mass is 503 g/mol. The van der Waals surface area contributed by atoms with Gasteiger partial charge < -0.3 is 4.74 Å². The number of para-hydroxylation sites is 1. The fourth-order valence-corrected chi connectivity index (χ4v) is 5.88. The van der Waals surface area contributed by atoms with E-state index < -0.39 is 5.18 Å². The Balaban J connectivity index is 1.43. The van der Waals surface area contributed by atoms with E-state index in [1.165, 1.54) is 11.8 Å². The van der Waals surface area contributed by atoms with Crippen molar-refractivity contribution in [1.29, 1.82) is 0 Å². The van der Waals surface area contributed by atoms with Gasteiger partial charge in [-0.25, -0.2) is 5.01 Å². The predicted octanol–water partition coefficient (Wildman–Crippen LogP) is 5.51. The van der Waals surface area contributed by atoms with Crippen LogP contribution in [0.15, 0.2) is 93.3 Å². The van der Waals surface area contributed by atoms with Gasteiger partial charge in [0.25, 0.3) is 5.91 Å². The SMILES string of the molecule is O=C1N[C@]2(Oc3ccccc3[C@H]3CC(c4ccccc4)=NN32)S/C1=C\c1cccc(Br)c1. The molecule has 3 aliphatic heterocycles. The molecule has 0 bridgehead atoms. The zero-order valence-electron chi connectivity index (χ0n) is 16.9. The van der Waals surface area contributed by atoms with Gasteiger partial charge in [0.15, 0.2) is 0 Å². The minimum atomic E-state index is -1.12. The van der Waals surface area contributed by atoms with E-state index in [0.29, 0.717) is 4.91 Å². The van der Waals surface area contributed by atoms with Crippen LogP contribution in [0.2, 0.25) is 0 Å². The average molecular weight is 504 g/mol. The number of carbonyl (C=O) groups excluding carboxylic acids is 1. The lowest BCUT2D eigenvalue weighted by Crippen LogP contribution is -2.58. The molecule has 3 aromatic rings. The number of carbonyl (C=O) groups is 1. The summed E-state index contributed by atoms with van der Waals surface area (Å²) in [6.07, 6.45) is 2.63. The molecule has 1 spiro atoms.